The third kappa shape index (κ3) is 4.36. The van der Waals surface area contributed by atoms with Gasteiger partial charge in [-0.05, 0) is 49.6 Å². The van der Waals surface area contributed by atoms with Crippen LogP contribution >= 0.6 is 23.1 Å². The van der Waals surface area contributed by atoms with Crippen molar-refractivity contribution >= 4 is 44.9 Å². The molecule has 0 radical (unpaired) electrons. The number of thioether (sulfide) groups is 1. The highest BCUT2D eigenvalue weighted by Gasteiger charge is 2.19. The molecule has 1 amide bonds. The second-order valence-electron chi connectivity index (χ2n) is 8.58. The summed E-state index contributed by atoms with van der Waals surface area (Å²) in [5.74, 6) is -0.145. The van der Waals surface area contributed by atoms with Crippen molar-refractivity contribution in [3.8, 4) is 16.8 Å². The predicted octanol–water partition coefficient (Wildman–Crippen LogP) is 5.50. The maximum absolute atomic E-state index is 13.1. The number of para-hydroxylation sites is 1. The highest BCUT2D eigenvalue weighted by Crippen LogP contribution is 2.38. The van der Waals surface area contributed by atoms with Crippen LogP contribution in [0.2, 0.25) is 0 Å². The van der Waals surface area contributed by atoms with Gasteiger partial charge >= 0.3 is 0 Å². The van der Waals surface area contributed by atoms with Crippen molar-refractivity contribution in [3.05, 3.63) is 87.4 Å². The summed E-state index contributed by atoms with van der Waals surface area (Å²) >= 11 is 2.91. The van der Waals surface area contributed by atoms with Crippen LogP contribution in [-0.4, -0.2) is 31.0 Å². The van der Waals surface area contributed by atoms with Crippen LogP contribution in [0, 0.1) is 20.8 Å². The molecule has 0 atom stereocenters. The Morgan fingerprint density at radius 2 is 1.83 bits per heavy atom. The van der Waals surface area contributed by atoms with Gasteiger partial charge in [-0.15, -0.1) is 11.3 Å². The number of fused-ring (bicyclic) bond motifs is 1. The summed E-state index contributed by atoms with van der Waals surface area (Å²) in [6.07, 6.45) is 1.53. The molecule has 3 heterocycles. The maximum atomic E-state index is 13.1. The second kappa shape index (κ2) is 9.75. The van der Waals surface area contributed by atoms with Gasteiger partial charge in [-0.1, -0.05) is 48.2 Å². The maximum Gasteiger partial charge on any atom is 0.295 e. The number of rotatable bonds is 6. The van der Waals surface area contributed by atoms with E-state index in [1.807, 2.05) is 37.3 Å². The van der Waals surface area contributed by atoms with Crippen molar-refractivity contribution in [2.75, 3.05) is 11.1 Å². The molecule has 1 N–H and O–H groups in total. The lowest BCUT2D eigenvalue weighted by Crippen LogP contribution is -2.23. The third-order valence-electron chi connectivity index (χ3n) is 6.31. The average molecular weight is 516 g/mol. The van der Waals surface area contributed by atoms with Gasteiger partial charge in [0.05, 0.1) is 22.5 Å². The lowest BCUT2D eigenvalue weighted by Gasteiger charge is -2.08. The van der Waals surface area contributed by atoms with Crippen LogP contribution < -0.4 is 10.9 Å². The number of benzene rings is 2. The highest BCUT2D eigenvalue weighted by atomic mass is 32.2. The van der Waals surface area contributed by atoms with E-state index in [1.54, 1.807) is 27.7 Å². The predicted molar refractivity (Wildman–Crippen MR) is 147 cm³/mol. The van der Waals surface area contributed by atoms with E-state index in [-0.39, 0.29) is 22.9 Å². The Kier molecular flexibility index (Phi) is 6.51. The summed E-state index contributed by atoms with van der Waals surface area (Å²) in [6, 6.07) is 15.7. The fourth-order valence-electron chi connectivity index (χ4n) is 4.10. The zero-order valence-electron chi connectivity index (χ0n) is 20.4. The molecule has 3 aromatic heterocycles. The molecule has 0 saturated heterocycles. The van der Waals surface area contributed by atoms with Crippen LogP contribution in [0.3, 0.4) is 0 Å². The zero-order chi connectivity index (χ0) is 25.4. The third-order valence-corrected chi connectivity index (χ3v) is 8.19. The number of thiophene rings is 1. The molecule has 182 valence electrons. The molecule has 0 aliphatic heterocycles. The summed E-state index contributed by atoms with van der Waals surface area (Å²) in [5.41, 5.74) is 6.06. The lowest BCUT2D eigenvalue weighted by atomic mass is 10.0. The fourth-order valence-corrected chi connectivity index (χ4v) is 5.89. The smallest absolute Gasteiger partial charge is 0.295 e. The Morgan fingerprint density at radius 3 is 2.58 bits per heavy atom. The Morgan fingerprint density at radius 1 is 1.06 bits per heavy atom. The van der Waals surface area contributed by atoms with Gasteiger partial charge in [0.25, 0.3) is 5.56 Å². The molecule has 0 aliphatic carbocycles. The summed E-state index contributed by atoms with van der Waals surface area (Å²) in [6.45, 7) is 6.01. The number of nitrogens with one attached hydrogen (secondary N) is 1. The Balaban J connectivity index is 1.39. The first-order valence-corrected chi connectivity index (χ1v) is 13.3. The molecule has 36 heavy (non-hydrogen) atoms. The first-order valence-electron chi connectivity index (χ1n) is 11.4. The molecular weight excluding hydrogens is 490 g/mol. The number of hydrogen-bond acceptors (Lipinski definition) is 6. The molecule has 0 unspecified atom stereocenters. The minimum absolute atomic E-state index is 0.118. The Hall–Kier alpha value is -3.69. The van der Waals surface area contributed by atoms with E-state index in [9.17, 15) is 9.59 Å². The van der Waals surface area contributed by atoms with Crippen molar-refractivity contribution < 1.29 is 4.79 Å². The van der Waals surface area contributed by atoms with E-state index in [0.29, 0.717) is 5.69 Å². The van der Waals surface area contributed by atoms with Gasteiger partial charge < -0.3 is 5.32 Å². The van der Waals surface area contributed by atoms with Gasteiger partial charge in [0.1, 0.15) is 21.9 Å². The van der Waals surface area contributed by atoms with E-state index in [2.05, 4.69) is 52.7 Å². The van der Waals surface area contributed by atoms with Gasteiger partial charge in [0.15, 0.2) is 0 Å². The standard InChI is InChI=1S/C27H25N5O2S2/c1-16-10-11-19(12-17(16)2)21-13-35-25-23(21)26(29-15-28-25)36-14-22(33)30-24-18(3)31(4)32(27(24)34)20-8-6-5-7-9-20/h5-13,15H,14H2,1-4H3,(H,30,33). The molecule has 9 heteroatoms. The molecule has 0 aliphatic rings. The van der Waals surface area contributed by atoms with E-state index >= 15 is 0 Å². The van der Waals surface area contributed by atoms with Gasteiger partial charge in [-0.25, -0.2) is 14.6 Å². The van der Waals surface area contributed by atoms with E-state index < -0.39 is 0 Å². The molecule has 5 aromatic rings. The summed E-state index contributed by atoms with van der Waals surface area (Å²) in [7, 11) is 1.80. The van der Waals surface area contributed by atoms with Crippen molar-refractivity contribution in [3.63, 3.8) is 0 Å². The van der Waals surface area contributed by atoms with Gasteiger partial charge in [0.2, 0.25) is 5.91 Å². The number of nitrogens with zero attached hydrogens (tertiary/aromatic N) is 4. The Bertz CT molecular complexity index is 1650. The van der Waals surface area contributed by atoms with Gasteiger partial charge in [-0.2, -0.15) is 0 Å². The number of aryl methyl sites for hydroxylation is 2. The van der Waals surface area contributed by atoms with Crippen LogP contribution in [0.15, 0.2) is 70.1 Å². The van der Waals surface area contributed by atoms with E-state index in [0.717, 1.165) is 32.1 Å². The number of amides is 1. The number of aromatic nitrogens is 4. The van der Waals surface area contributed by atoms with Crippen LogP contribution in [0.1, 0.15) is 16.8 Å². The number of carbonyl (C=O) groups excluding carboxylic acids is 1. The quantitative estimate of drug-likeness (QED) is 0.238. The van der Waals surface area contributed by atoms with Crippen LogP contribution in [-0.2, 0) is 11.8 Å². The van der Waals surface area contributed by atoms with Crippen molar-refractivity contribution in [2.24, 2.45) is 7.05 Å². The number of anilines is 1. The van der Waals surface area contributed by atoms with Crippen LogP contribution in [0.4, 0.5) is 5.69 Å². The minimum atomic E-state index is -0.265. The average Bonchev–Trinajstić information content (AvgIpc) is 3.40. The summed E-state index contributed by atoms with van der Waals surface area (Å²) in [4.78, 5) is 35.8. The largest absolute Gasteiger partial charge is 0.319 e. The number of carbonyl (C=O) groups is 1. The second-order valence-corrected chi connectivity index (χ2v) is 10.4. The van der Waals surface area contributed by atoms with Crippen molar-refractivity contribution in [1.29, 1.82) is 0 Å². The molecule has 0 spiro atoms. The zero-order valence-corrected chi connectivity index (χ0v) is 22.0. The number of hydrogen-bond donors (Lipinski definition) is 1. The molecule has 2 aromatic carbocycles. The minimum Gasteiger partial charge on any atom is -0.319 e. The summed E-state index contributed by atoms with van der Waals surface area (Å²) in [5, 5.41) is 6.61. The molecule has 0 fully saturated rings. The first kappa shape index (κ1) is 24.0. The normalized spacial score (nSPS) is 11.2. The molecule has 0 bridgehead atoms. The molecule has 0 saturated carbocycles. The fraction of sp³-hybridized carbons (Fsp3) is 0.185. The lowest BCUT2D eigenvalue weighted by molar-refractivity contribution is -0.113. The highest BCUT2D eigenvalue weighted by molar-refractivity contribution is 8.00. The monoisotopic (exact) mass is 515 g/mol. The Labute approximate surface area is 216 Å². The molecule has 7 nitrogen and oxygen atoms in total. The first-order chi connectivity index (χ1) is 17.3. The van der Waals surface area contributed by atoms with Crippen molar-refractivity contribution in [2.45, 2.75) is 25.8 Å². The van der Waals surface area contributed by atoms with Crippen molar-refractivity contribution in [1.82, 2.24) is 19.3 Å². The molecule has 5 rings (SSSR count). The molecular formula is C27H25N5O2S2. The van der Waals surface area contributed by atoms with Gasteiger partial charge in [0, 0.05) is 18.0 Å². The SMILES string of the molecule is Cc1ccc(-c2csc3ncnc(SCC(=O)Nc4c(C)n(C)n(-c5ccccc5)c4=O)c23)cc1C. The topological polar surface area (TPSA) is 81.8 Å². The van der Waals surface area contributed by atoms with E-state index in [4.69, 9.17) is 0 Å². The van der Waals surface area contributed by atoms with Crippen LogP contribution in [0.25, 0.3) is 27.0 Å². The van der Waals surface area contributed by atoms with Crippen LogP contribution in [0.5, 0.6) is 0 Å². The van der Waals surface area contributed by atoms with Gasteiger partial charge in [-0.3, -0.25) is 14.3 Å². The summed E-state index contributed by atoms with van der Waals surface area (Å²) < 4.78 is 3.29. The van der Waals surface area contributed by atoms with E-state index in [1.165, 1.54) is 29.2 Å².